The van der Waals surface area contributed by atoms with E-state index in [0.717, 1.165) is 44.1 Å². The molecule has 16 nitrogen and oxygen atoms in total. The summed E-state index contributed by atoms with van der Waals surface area (Å²) in [6.45, 7) is 12.9. The summed E-state index contributed by atoms with van der Waals surface area (Å²) in [6, 6.07) is 17.8. The van der Waals surface area contributed by atoms with Crippen molar-refractivity contribution in [2.75, 3.05) is 0 Å². The van der Waals surface area contributed by atoms with Gasteiger partial charge in [0.2, 0.25) is 11.2 Å². The largest absolute Gasteiger partial charge is 0.457 e. The average molecular weight is 911 g/mol. The highest BCUT2D eigenvalue weighted by Crippen LogP contribution is 2.43. The van der Waals surface area contributed by atoms with E-state index < -0.39 is 47.2 Å². The van der Waals surface area contributed by atoms with Crippen molar-refractivity contribution in [2.45, 2.75) is 118 Å². The van der Waals surface area contributed by atoms with Crippen LogP contribution in [0, 0.1) is 19.8 Å². The van der Waals surface area contributed by atoms with Crippen molar-refractivity contribution >= 4 is 45.7 Å². The van der Waals surface area contributed by atoms with E-state index in [1.165, 1.54) is 6.92 Å². The quantitative estimate of drug-likeness (QED) is 0.141. The maximum absolute atomic E-state index is 13.5. The molecule has 4 aromatic heterocycles. The number of cyclic esters (lactones) is 2. The van der Waals surface area contributed by atoms with Crippen LogP contribution in [0.3, 0.4) is 0 Å². The van der Waals surface area contributed by atoms with E-state index >= 15 is 0 Å². The Balaban J connectivity index is 0.000000179. The highest BCUT2D eigenvalue weighted by atomic mass is 16.6. The Kier molecular flexibility index (Phi) is 11.8. The minimum absolute atomic E-state index is 0. The van der Waals surface area contributed by atoms with Crippen LogP contribution in [0.1, 0.15) is 99.4 Å². The van der Waals surface area contributed by atoms with Gasteiger partial charge >= 0.3 is 23.9 Å². The number of fused-ring (bicyclic) bond motifs is 10. The number of aryl methyl sites for hydroxylation is 2. The second-order valence-corrected chi connectivity index (χ2v) is 17.9. The van der Waals surface area contributed by atoms with Crippen LogP contribution < -0.4 is 22.6 Å². The van der Waals surface area contributed by atoms with Gasteiger partial charge in [-0.3, -0.25) is 19.2 Å². The van der Waals surface area contributed by atoms with Crippen LogP contribution >= 0.6 is 0 Å². The molecule has 8 heterocycles. The number of nitrogens with two attached hydrogens (primary N) is 2. The van der Waals surface area contributed by atoms with Crippen LogP contribution in [-0.2, 0) is 75.6 Å². The Morgan fingerprint density at radius 1 is 0.672 bits per heavy atom. The summed E-state index contributed by atoms with van der Waals surface area (Å²) in [6.07, 6.45) is 0.215. The molecule has 0 radical (unpaired) electrons. The summed E-state index contributed by atoms with van der Waals surface area (Å²) in [7, 11) is 0. The molecule has 2 unspecified atom stereocenters. The number of nitrogens with zero attached hydrogens (tertiary/aromatic N) is 4. The number of ether oxygens (including phenoxy) is 4. The lowest BCUT2D eigenvalue weighted by Crippen LogP contribution is -2.50. The molecule has 16 heteroatoms. The van der Waals surface area contributed by atoms with Crippen LogP contribution in [0.15, 0.2) is 70.3 Å². The zero-order valence-corrected chi connectivity index (χ0v) is 37.8. The van der Waals surface area contributed by atoms with Gasteiger partial charge in [-0.25, -0.2) is 19.6 Å². The van der Waals surface area contributed by atoms with Crippen LogP contribution in [0.4, 0.5) is 0 Å². The number of rotatable bonds is 7. The standard InChI is InChI=1S/C26H27N3O5.C24H23N3O5.CH4/c1-5-26(34-24(31)21(27)13(2)3)18-10-20-22-16(9-15-8-14(4)6-7-19(15)28-22)11-29(20)23(30)17(18)12-33-25(26)32;1-4-24(32-22(29)13(3)25)17-9-19-20-15(8-14-7-12(2)5-6-18(14)26-20)10-27(19)21(28)16(17)11-31-23(24)30;/h6-10,13,21H,5,11-12,27H2,1-4H3;5-9,13H,4,10-11,25H2,1-3H3;1H4/t21?,26-;13?,24-;/m00./s1. The van der Waals surface area contributed by atoms with Crippen LogP contribution in [0.25, 0.3) is 44.6 Å². The van der Waals surface area contributed by atoms with Crippen molar-refractivity contribution in [3.63, 3.8) is 0 Å². The minimum atomic E-state index is -1.73. The predicted molar refractivity (Wildman–Crippen MR) is 249 cm³/mol. The SMILES string of the molecule is C.CC[C@@]1(OC(=O)C(C)N)C(=O)OCc2c1cc1n(c2=O)Cc2cc3cc(C)ccc3nc2-1.CC[C@@]1(OC(=O)C(N)C(C)C)C(=O)OCc2c1cc1n(c2=O)Cc2cc3cc(C)ccc3nc2-1. The lowest BCUT2D eigenvalue weighted by Gasteiger charge is -2.36. The molecule has 4 atom stereocenters. The van der Waals surface area contributed by atoms with E-state index in [-0.39, 0.29) is 50.5 Å². The number of aromatic nitrogens is 4. The van der Waals surface area contributed by atoms with Crippen molar-refractivity contribution in [2.24, 2.45) is 17.4 Å². The second-order valence-electron chi connectivity index (χ2n) is 17.9. The first-order chi connectivity index (χ1) is 31.4. The lowest BCUT2D eigenvalue weighted by atomic mass is 9.85. The molecule has 6 aromatic rings. The van der Waals surface area contributed by atoms with Crippen molar-refractivity contribution in [3.8, 4) is 22.8 Å². The van der Waals surface area contributed by atoms with E-state index in [9.17, 15) is 28.8 Å². The van der Waals surface area contributed by atoms with Crippen molar-refractivity contribution in [1.29, 1.82) is 0 Å². The fourth-order valence-corrected chi connectivity index (χ4v) is 9.30. The number of benzene rings is 2. The Labute approximate surface area is 386 Å². The molecule has 4 aliphatic heterocycles. The third kappa shape index (κ3) is 7.38. The number of carbonyl (C=O) groups is 4. The molecule has 0 aliphatic carbocycles. The molecule has 0 spiro atoms. The van der Waals surface area contributed by atoms with Gasteiger partial charge in [0.05, 0.1) is 58.0 Å². The van der Waals surface area contributed by atoms with E-state index in [0.29, 0.717) is 58.1 Å². The van der Waals surface area contributed by atoms with E-state index in [2.05, 4.69) is 12.1 Å². The summed E-state index contributed by atoms with van der Waals surface area (Å²) in [5.41, 5.74) is 17.3. The van der Waals surface area contributed by atoms with Gasteiger partial charge in [0.1, 0.15) is 25.3 Å². The van der Waals surface area contributed by atoms with Crippen molar-refractivity contribution in [1.82, 2.24) is 19.1 Å². The molecule has 10 rings (SSSR count). The second kappa shape index (κ2) is 17.0. The van der Waals surface area contributed by atoms with Gasteiger partial charge in [-0.1, -0.05) is 58.4 Å². The molecule has 0 fully saturated rings. The molecular formula is C51H54N6O10. The zero-order valence-electron chi connectivity index (χ0n) is 37.8. The Hall–Kier alpha value is -7.04. The maximum Gasteiger partial charge on any atom is 0.355 e. The predicted octanol–water partition coefficient (Wildman–Crippen LogP) is 5.84. The first kappa shape index (κ1) is 46.5. The van der Waals surface area contributed by atoms with Gasteiger partial charge in [-0.15, -0.1) is 0 Å². The van der Waals surface area contributed by atoms with Crippen LogP contribution in [0.2, 0.25) is 0 Å². The molecule has 348 valence electrons. The topological polar surface area (TPSA) is 227 Å². The van der Waals surface area contributed by atoms with Gasteiger partial charge in [0, 0.05) is 33.0 Å². The first-order valence-electron chi connectivity index (χ1n) is 22.1. The van der Waals surface area contributed by atoms with Crippen molar-refractivity contribution < 1.29 is 38.1 Å². The van der Waals surface area contributed by atoms with E-state index in [4.69, 9.17) is 40.4 Å². The molecule has 4 aliphatic rings. The van der Waals surface area contributed by atoms with Gasteiger partial charge in [0.15, 0.2) is 0 Å². The summed E-state index contributed by atoms with van der Waals surface area (Å²) in [4.78, 5) is 87.7. The number of hydrogen-bond donors (Lipinski definition) is 2. The molecule has 67 heavy (non-hydrogen) atoms. The number of hydrogen-bond acceptors (Lipinski definition) is 14. The Morgan fingerprint density at radius 3 is 1.48 bits per heavy atom. The van der Waals surface area contributed by atoms with Crippen LogP contribution in [0.5, 0.6) is 0 Å². The number of pyridine rings is 4. The molecule has 0 bridgehead atoms. The Bertz CT molecular complexity index is 3230. The van der Waals surface area contributed by atoms with E-state index in [1.54, 1.807) is 49.0 Å². The van der Waals surface area contributed by atoms with Gasteiger partial charge in [-0.2, -0.15) is 0 Å². The smallest absolute Gasteiger partial charge is 0.355 e. The first-order valence-corrected chi connectivity index (χ1v) is 22.1. The highest BCUT2D eigenvalue weighted by molar-refractivity contribution is 5.91. The molecule has 0 amide bonds. The van der Waals surface area contributed by atoms with E-state index in [1.807, 2.05) is 50.2 Å². The number of esters is 4. The Morgan fingerprint density at radius 2 is 1.09 bits per heavy atom. The van der Waals surface area contributed by atoms with Gasteiger partial charge in [0.25, 0.3) is 11.1 Å². The maximum atomic E-state index is 13.5. The average Bonchev–Trinajstić information content (AvgIpc) is 3.84. The fourth-order valence-electron chi connectivity index (χ4n) is 9.30. The highest BCUT2D eigenvalue weighted by Gasteiger charge is 2.52. The molecule has 4 N–H and O–H groups in total. The van der Waals surface area contributed by atoms with Crippen molar-refractivity contribution in [3.05, 3.63) is 126 Å². The third-order valence-electron chi connectivity index (χ3n) is 13.2. The summed E-state index contributed by atoms with van der Waals surface area (Å²) >= 11 is 0. The monoisotopic (exact) mass is 910 g/mol. The molecule has 2 aromatic carbocycles. The van der Waals surface area contributed by atoms with Crippen LogP contribution in [-0.4, -0.2) is 55.1 Å². The summed E-state index contributed by atoms with van der Waals surface area (Å²) in [5.74, 6) is -3.03. The van der Waals surface area contributed by atoms with Gasteiger partial charge in [-0.05, 0) is 88.1 Å². The minimum Gasteiger partial charge on any atom is -0.457 e. The molecular weight excluding hydrogens is 857 g/mol. The molecule has 0 saturated carbocycles. The zero-order chi connectivity index (χ0) is 47.1. The van der Waals surface area contributed by atoms with Gasteiger partial charge < -0.3 is 39.5 Å². The molecule has 0 saturated heterocycles. The normalized spacial score (nSPS) is 19.3. The number of carbonyl (C=O) groups excluding carboxylic acids is 4. The lowest BCUT2D eigenvalue weighted by molar-refractivity contribution is -0.190. The summed E-state index contributed by atoms with van der Waals surface area (Å²) in [5, 5.41) is 2.00. The third-order valence-corrected chi connectivity index (χ3v) is 13.2. The fraction of sp³-hybridized carbons (Fsp3) is 0.373. The summed E-state index contributed by atoms with van der Waals surface area (Å²) < 4.78 is 25.3.